The van der Waals surface area contributed by atoms with Crippen LogP contribution >= 0.6 is 0 Å². The first kappa shape index (κ1) is 16.2. The number of oxazole rings is 1. The lowest BCUT2D eigenvalue weighted by atomic mass is 9.82. The molecule has 2 heterocycles. The Morgan fingerprint density at radius 2 is 2.00 bits per heavy atom. The number of aliphatic carboxylic acids is 1. The molecule has 0 saturated carbocycles. The number of nitrogens with zero attached hydrogens (tertiary/aromatic N) is 2. The molecule has 6 heteroatoms. The van der Waals surface area contributed by atoms with E-state index in [0.29, 0.717) is 31.0 Å². The second kappa shape index (κ2) is 6.11. The van der Waals surface area contributed by atoms with Gasteiger partial charge in [-0.2, -0.15) is 0 Å². The maximum absolute atomic E-state index is 12.8. The monoisotopic (exact) mass is 328 g/mol. The highest BCUT2D eigenvalue weighted by atomic mass is 16.4. The summed E-state index contributed by atoms with van der Waals surface area (Å²) < 4.78 is 5.64. The molecular formula is C18H20N2O4. The van der Waals surface area contributed by atoms with Gasteiger partial charge in [-0.05, 0) is 38.8 Å². The summed E-state index contributed by atoms with van der Waals surface area (Å²) in [4.78, 5) is 30.2. The number of amides is 1. The van der Waals surface area contributed by atoms with Crippen LogP contribution in [0.4, 0.5) is 0 Å². The number of piperidine rings is 1. The van der Waals surface area contributed by atoms with Gasteiger partial charge in [0, 0.05) is 18.7 Å². The number of carboxylic acids is 1. The Morgan fingerprint density at radius 1 is 1.29 bits per heavy atom. The number of hydrogen-bond acceptors (Lipinski definition) is 4. The zero-order chi connectivity index (χ0) is 17.3. The average molecular weight is 328 g/mol. The molecule has 6 nitrogen and oxygen atoms in total. The first-order chi connectivity index (χ1) is 11.4. The highest BCUT2D eigenvalue weighted by Gasteiger charge is 2.40. The molecular weight excluding hydrogens is 308 g/mol. The smallest absolute Gasteiger partial charge is 0.311 e. The summed E-state index contributed by atoms with van der Waals surface area (Å²) in [5.41, 5.74) is 0.144. The molecule has 1 amide bonds. The van der Waals surface area contributed by atoms with Gasteiger partial charge < -0.3 is 14.4 Å². The van der Waals surface area contributed by atoms with Gasteiger partial charge in [-0.3, -0.25) is 9.59 Å². The van der Waals surface area contributed by atoms with Crippen molar-refractivity contribution in [1.29, 1.82) is 0 Å². The van der Waals surface area contributed by atoms with Gasteiger partial charge >= 0.3 is 5.97 Å². The lowest BCUT2D eigenvalue weighted by molar-refractivity contribution is -0.150. The maximum atomic E-state index is 12.8. The Kier molecular flexibility index (Phi) is 4.13. The number of rotatable bonds is 3. The predicted molar refractivity (Wildman–Crippen MR) is 87.6 cm³/mol. The van der Waals surface area contributed by atoms with Crippen LogP contribution in [0.2, 0.25) is 0 Å². The standard InChI is InChI=1S/C18H20N2O4/c1-12-14(19-15(24-12)13-7-4-3-5-8-13)16(21)20-10-6-9-18(2,11-20)17(22)23/h3-5,7-8H,6,9-11H2,1-2H3,(H,22,23). The largest absolute Gasteiger partial charge is 0.481 e. The number of aryl methyl sites for hydroxylation is 1. The van der Waals surface area contributed by atoms with E-state index < -0.39 is 11.4 Å². The summed E-state index contributed by atoms with van der Waals surface area (Å²) in [6.45, 7) is 4.11. The minimum absolute atomic E-state index is 0.189. The van der Waals surface area contributed by atoms with E-state index in [-0.39, 0.29) is 18.1 Å². The van der Waals surface area contributed by atoms with Crippen LogP contribution in [0.15, 0.2) is 34.7 Å². The molecule has 0 spiro atoms. The minimum Gasteiger partial charge on any atom is -0.481 e. The fraction of sp³-hybridized carbons (Fsp3) is 0.389. The third kappa shape index (κ3) is 2.91. The second-order valence-corrected chi connectivity index (χ2v) is 6.49. The first-order valence-corrected chi connectivity index (χ1v) is 7.96. The van der Waals surface area contributed by atoms with Gasteiger partial charge in [-0.1, -0.05) is 18.2 Å². The summed E-state index contributed by atoms with van der Waals surface area (Å²) >= 11 is 0. The van der Waals surface area contributed by atoms with Gasteiger partial charge in [0.15, 0.2) is 5.69 Å². The van der Waals surface area contributed by atoms with Crippen LogP contribution in [0.5, 0.6) is 0 Å². The Hall–Kier alpha value is -2.63. The number of aromatic nitrogens is 1. The molecule has 1 N–H and O–H groups in total. The number of likely N-dealkylation sites (tertiary alicyclic amines) is 1. The predicted octanol–water partition coefficient (Wildman–Crippen LogP) is 2.98. The van der Waals surface area contributed by atoms with Crippen molar-refractivity contribution in [2.45, 2.75) is 26.7 Å². The van der Waals surface area contributed by atoms with E-state index in [1.165, 1.54) is 0 Å². The number of carbonyl (C=O) groups is 2. The van der Waals surface area contributed by atoms with Gasteiger partial charge in [-0.15, -0.1) is 0 Å². The van der Waals surface area contributed by atoms with Crippen LogP contribution in [0.1, 0.15) is 36.0 Å². The first-order valence-electron chi connectivity index (χ1n) is 7.96. The number of benzene rings is 1. The van der Waals surface area contributed by atoms with Crippen molar-refractivity contribution in [3.63, 3.8) is 0 Å². The Labute approximate surface area is 140 Å². The number of carbonyl (C=O) groups excluding carboxylic acids is 1. The van der Waals surface area contributed by atoms with Crippen LogP contribution < -0.4 is 0 Å². The number of carboxylic acid groups (broad SMARTS) is 1. The zero-order valence-corrected chi connectivity index (χ0v) is 13.8. The Morgan fingerprint density at radius 3 is 2.67 bits per heavy atom. The maximum Gasteiger partial charge on any atom is 0.311 e. The van der Waals surface area contributed by atoms with E-state index in [4.69, 9.17) is 4.42 Å². The van der Waals surface area contributed by atoms with Crippen molar-refractivity contribution in [3.05, 3.63) is 41.8 Å². The molecule has 1 aromatic carbocycles. The van der Waals surface area contributed by atoms with E-state index in [1.807, 2.05) is 30.3 Å². The molecule has 1 aliphatic heterocycles. The van der Waals surface area contributed by atoms with Gasteiger partial charge in [0.25, 0.3) is 5.91 Å². The van der Waals surface area contributed by atoms with Crippen molar-refractivity contribution >= 4 is 11.9 Å². The summed E-state index contributed by atoms with van der Waals surface area (Å²) in [5, 5.41) is 9.40. The van der Waals surface area contributed by atoms with Crippen molar-refractivity contribution in [1.82, 2.24) is 9.88 Å². The minimum atomic E-state index is -0.909. The quantitative estimate of drug-likeness (QED) is 0.936. The molecule has 1 aliphatic rings. The molecule has 1 fully saturated rings. The summed E-state index contributed by atoms with van der Waals surface area (Å²) in [6, 6.07) is 9.37. The van der Waals surface area contributed by atoms with Crippen molar-refractivity contribution in [2.24, 2.45) is 5.41 Å². The molecule has 1 saturated heterocycles. The zero-order valence-electron chi connectivity index (χ0n) is 13.8. The fourth-order valence-electron chi connectivity index (χ4n) is 3.04. The van der Waals surface area contributed by atoms with Crippen molar-refractivity contribution < 1.29 is 19.1 Å². The van der Waals surface area contributed by atoms with E-state index in [1.54, 1.807) is 18.7 Å². The van der Waals surface area contributed by atoms with Crippen molar-refractivity contribution in [2.75, 3.05) is 13.1 Å². The lowest BCUT2D eigenvalue weighted by Gasteiger charge is -2.37. The third-order valence-corrected chi connectivity index (χ3v) is 4.52. The van der Waals surface area contributed by atoms with Crippen LogP contribution in [0.25, 0.3) is 11.5 Å². The van der Waals surface area contributed by atoms with Gasteiger partial charge in [0.1, 0.15) is 5.76 Å². The molecule has 0 bridgehead atoms. The van der Waals surface area contributed by atoms with Crippen LogP contribution in [0, 0.1) is 12.3 Å². The van der Waals surface area contributed by atoms with E-state index in [2.05, 4.69) is 4.98 Å². The summed E-state index contributed by atoms with van der Waals surface area (Å²) in [7, 11) is 0. The summed E-state index contributed by atoms with van der Waals surface area (Å²) in [6.07, 6.45) is 1.23. The van der Waals surface area contributed by atoms with Gasteiger partial charge in [0.2, 0.25) is 5.89 Å². The number of hydrogen-bond donors (Lipinski definition) is 1. The van der Waals surface area contributed by atoms with Gasteiger partial charge in [-0.25, -0.2) is 4.98 Å². The molecule has 0 radical (unpaired) electrons. The SMILES string of the molecule is Cc1oc(-c2ccccc2)nc1C(=O)N1CCCC(C)(C(=O)O)C1. The Bertz CT molecular complexity index is 769. The molecule has 24 heavy (non-hydrogen) atoms. The van der Waals surface area contributed by atoms with E-state index in [9.17, 15) is 14.7 Å². The van der Waals surface area contributed by atoms with E-state index in [0.717, 1.165) is 5.56 Å². The highest BCUT2D eigenvalue weighted by Crippen LogP contribution is 2.31. The van der Waals surface area contributed by atoms with Gasteiger partial charge in [0.05, 0.1) is 5.41 Å². The average Bonchev–Trinajstić information content (AvgIpc) is 2.97. The van der Waals surface area contributed by atoms with Crippen LogP contribution in [-0.4, -0.2) is 40.0 Å². The molecule has 126 valence electrons. The molecule has 1 unspecified atom stereocenters. The normalized spacial score (nSPS) is 20.8. The molecule has 2 aromatic rings. The van der Waals surface area contributed by atoms with Crippen LogP contribution in [0.3, 0.4) is 0 Å². The summed E-state index contributed by atoms with van der Waals surface area (Å²) in [5.74, 6) is -0.302. The molecule has 1 atom stereocenters. The second-order valence-electron chi connectivity index (χ2n) is 6.49. The Balaban J connectivity index is 1.85. The molecule has 1 aromatic heterocycles. The fourth-order valence-corrected chi connectivity index (χ4v) is 3.04. The van der Waals surface area contributed by atoms with Crippen molar-refractivity contribution in [3.8, 4) is 11.5 Å². The van der Waals surface area contributed by atoms with E-state index >= 15 is 0 Å². The topological polar surface area (TPSA) is 83.6 Å². The molecule has 0 aliphatic carbocycles. The third-order valence-electron chi connectivity index (χ3n) is 4.52. The highest BCUT2D eigenvalue weighted by molar-refractivity contribution is 5.94. The molecule has 3 rings (SSSR count). The van der Waals surface area contributed by atoms with Crippen LogP contribution in [-0.2, 0) is 4.79 Å². The lowest BCUT2D eigenvalue weighted by Crippen LogP contribution is -2.48.